The molecule has 0 aliphatic heterocycles. The van der Waals surface area contributed by atoms with Crippen LogP contribution in [0.25, 0.3) is 33.4 Å². The van der Waals surface area contributed by atoms with Crippen LogP contribution in [0.15, 0.2) is 72.8 Å². The highest BCUT2D eigenvalue weighted by atomic mass is 35.5. The summed E-state index contributed by atoms with van der Waals surface area (Å²) in [6, 6.07) is 23.6. The second-order valence-corrected chi connectivity index (χ2v) is 6.30. The van der Waals surface area contributed by atoms with E-state index in [0.717, 1.165) is 22.2 Å². The Kier molecular flexibility index (Phi) is 3.93. The largest absolute Gasteiger partial charge is 0.228 e. The van der Waals surface area contributed by atoms with Crippen LogP contribution in [0.5, 0.6) is 0 Å². The molecule has 24 heavy (non-hydrogen) atoms. The third-order valence-electron chi connectivity index (χ3n) is 3.82. The second kappa shape index (κ2) is 6.23. The molecule has 0 fully saturated rings. The maximum Gasteiger partial charge on any atom is 0.161 e. The van der Waals surface area contributed by atoms with E-state index in [9.17, 15) is 0 Å². The minimum Gasteiger partial charge on any atom is -0.228 e. The molecule has 1 aromatic heterocycles. The van der Waals surface area contributed by atoms with E-state index in [1.54, 1.807) is 6.07 Å². The summed E-state index contributed by atoms with van der Waals surface area (Å²) in [6.07, 6.45) is 0. The molecule has 0 aliphatic rings. The van der Waals surface area contributed by atoms with Crippen LogP contribution in [-0.2, 0) is 0 Å². The van der Waals surface area contributed by atoms with Crippen molar-refractivity contribution in [2.45, 2.75) is 0 Å². The SMILES string of the molecule is Clc1cccc(-c2cc(Cl)nc(-c3ccc4ccccc4c3)n2)c1. The lowest BCUT2D eigenvalue weighted by Crippen LogP contribution is -1.93. The molecule has 0 spiro atoms. The predicted octanol–water partition coefficient (Wildman–Crippen LogP) is 6.27. The molecule has 0 aliphatic carbocycles. The van der Waals surface area contributed by atoms with Gasteiger partial charge in [0, 0.05) is 22.2 Å². The molecule has 0 N–H and O–H groups in total. The van der Waals surface area contributed by atoms with E-state index >= 15 is 0 Å². The van der Waals surface area contributed by atoms with Gasteiger partial charge in [-0.05, 0) is 29.0 Å². The number of aromatic nitrogens is 2. The number of rotatable bonds is 2. The summed E-state index contributed by atoms with van der Waals surface area (Å²) in [6.45, 7) is 0. The van der Waals surface area contributed by atoms with Gasteiger partial charge in [0.1, 0.15) is 5.15 Å². The van der Waals surface area contributed by atoms with Crippen LogP contribution in [0.2, 0.25) is 10.2 Å². The lowest BCUT2D eigenvalue weighted by atomic mass is 10.1. The summed E-state index contributed by atoms with van der Waals surface area (Å²) < 4.78 is 0. The average Bonchev–Trinajstić information content (AvgIpc) is 2.61. The van der Waals surface area contributed by atoms with E-state index in [2.05, 4.69) is 34.2 Å². The molecule has 2 nitrogen and oxygen atoms in total. The van der Waals surface area contributed by atoms with Gasteiger partial charge in [-0.15, -0.1) is 0 Å². The number of benzene rings is 3. The summed E-state index contributed by atoms with van der Waals surface area (Å²) >= 11 is 12.3. The number of fused-ring (bicyclic) bond motifs is 1. The lowest BCUT2D eigenvalue weighted by molar-refractivity contribution is 1.18. The summed E-state index contributed by atoms with van der Waals surface area (Å²) in [7, 11) is 0. The van der Waals surface area contributed by atoms with E-state index in [-0.39, 0.29) is 0 Å². The van der Waals surface area contributed by atoms with Gasteiger partial charge < -0.3 is 0 Å². The Bertz CT molecular complexity index is 1040. The third kappa shape index (κ3) is 2.99. The molecule has 0 saturated carbocycles. The molecule has 4 aromatic rings. The van der Waals surface area contributed by atoms with Crippen LogP contribution in [0.4, 0.5) is 0 Å². The van der Waals surface area contributed by atoms with Gasteiger partial charge in [-0.1, -0.05) is 71.7 Å². The fraction of sp³-hybridized carbons (Fsp3) is 0. The predicted molar refractivity (Wildman–Crippen MR) is 100 cm³/mol. The Morgan fingerprint density at radius 3 is 2.29 bits per heavy atom. The van der Waals surface area contributed by atoms with E-state index < -0.39 is 0 Å². The summed E-state index contributed by atoms with van der Waals surface area (Å²) in [5.74, 6) is 0.600. The van der Waals surface area contributed by atoms with E-state index in [0.29, 0.717) is 16.0 Å². The quantitative estimate of drug-likeness (QED) is 0.398. The van der Waals surface area contributed by atoms with Crippen molar-refractivity contribution < 1.29 is 0 Å². The van der Waals surface area contributed by atoms with Crippen LogP contribution in [0.3, 0.4) is 0 Å². The summed E-state index contributed by atoms with van der Waals surface area (Å²) in [5.41, 5.74) is 2.59. The van der Waals surface area contributed by atoms with Gasteiger partial charge in [0.15, 0.2) is 5.82 Å². The molecule has 0 atom stereocenters. The van der Waals surface area contributed by atoms with Crippen LogP contribution >= 0.6 is 23.2 Å². The lowest BCUT2D eigenvalue weighted by Gasteiger charge is -2.07. The van der Waals surface area contributed by atoms with Crippen molar-refractivity contribution in [3.8, 4) is 22.6 Å². The first-order chi connectivity index (χ1) is 11.7. The molecular weight excluding hydrogens is 339 g/mol. The van der Waals surface area contributed by atoms with E-state index in [4.69, 9.17) is 23.2 Å². The van der Waals surface area contributed by atoms with Crippen LogP contribution in [0.1, 0.15) is 0 Å². The highest BCUT2D eigenvalue weighted by Gasteiger charge is 2.09. The van der Waals surface area contributed by atoms with Crippen LogP contribution in [0, 0.1) is 0 Å². The van der Waals surface area contributed by atoms with Gasteiger partial charge in [-0.3, -0.25) is 0 Å². The van der Waals surface area contributed by atoms with Crippen molar-refractivity contribution in [3.05, 3.63) is 83.0 Å². The van der Waals surface area contributed by atoms with E-state index in [1.165, 1.54) is 5.39 Å². The van der Waals surface area contributed by atoms with Crippen molar-refractivity contribution in [1.82, 2.24) is 9.97 Å². The van der Waals surface area contributed by atoms with Gasteiger partial charge >= 0.3 is 0 Å². The first kappa shape index (κ1) is 15.1. The van der Waals surface area contributed by atoms with Crippen molar-refractivity contribution in [2.24, 2.45) is 0 Å². The third-order valence-corrected chi connectivity index (χ3v) is 4.25. The van der Waals surface area contributed by atoms with Crippen molar-refractivity contribution in [2.75, 3.05) is 0 Å². The highest BCUT2D eigenvalue weighted by molar-refractivity contribution is 6.31. The fourth-order valence-corrected chi connectivity index (χ4v) is 3.04. The smallest absolute Gasteiger partial charge is 0.161 e. The second-order valence-electron chi connectivity index (χ2n) is 5.47. The Labute approximate surface area is 149 Å². The van der Waals surface area contributed by atoms with Gasteiger partial charge in [0.25, 0.3) is 0 Å². The number of hydrogen-bond acceptors (Lipinski definition) is 2. The van der Waals surface area contributed by atoms with Gasteiger partial charge in [0.2, 0.25) is 0 Å². The topological polar surface area (TPSA) is 25.8 Å². The average molecular weight is 351 g/mol. The molecule has 3 aromatic carbocycles. The Balaban J connectivity index is 1.85. The first-order valence-electron chi connectivity index (χ1n) is 7.49. The first-order valence-corrected chi connectivity index (χ1v) is 8.24. The zero-order chi connectivity index (χ0) is 16.5. The molecule has 0 bridgehead atoms. The van der Waals surface area contributed by atoms with Crippen molar-refractivity contribution in [1.29, 1.82) is 0 Å². The van der Waals surface area contributed by atoms with Crippen molar-refractivity contribution >= 4 is 34.0 Å². The molecule has 4 heteroatoms. The molecule has 4 rings (SSSR count). The Hall–Kier alpha value is -2.42. The van der Waals surface area contributed by atoms with E-state index in [1.807, 2.05) is 42.5 Å². The van der Waals surface area contributed by atoms with Gasteiger partial charge in [-0.2, -0.15) is 0 Å². The van der Waals surface area contributed by atoms with Gasteiger partial charge in [-0.25, -0.2) is 9.97 Å². The van der Waals surface area contributed by atoms with Crippen LogP contribution < -0.4 is 0 Å². The number of nitrogens with zero attached hydrogens (tertiary/aromatic N) is 2. The minimum absolute atomic E-state index is 0.406. The molecule has 0 saturated heterocycles. The Morgan fingerprint density at radius 1 is 0.625 bits per heavy atom. The van der Waals surface area contributed by atoms with Crippen molar-refractivity contribution in [3.63, 3.8) is 0 Å². The summed E-state index contributed by atoms with van der Waals surface area (Å²) in [5, 5.41) is 3.39. The number of hydrogen-bond donors (Lipinski definition) is 0. The maximum atomic E-state index is 6.22. The molecule has 0 unspecified atom stereocenters. The zero-order valence-electron chi connectivity index (χ0n) is 12.6. The molecule has 116 valence electrons. The molecule has 0 amide bonds. The Morgan fingerprint density at radius 2 is 1.46 bits per heavy atom. The molecule has 0 radical (unpaired) electrons. The standard InChI is InChI=1S/C20H12Cl2N2/c21-17-7-3-6-15(11-17)18-12-19(22)24-20(23-18)16-9-8-13-4-1-2-5-14(13)10-16/h1-12H. The maximum absolute atomic E-state index is 6.22. The zero-order valence-corrected chi connectivity index (χ0v) is 14.1. The highest BCUT2D eigenvalue weighted by Crippen LogP contribution is 2.27. The minimum atomic E-state index is 0.406. The van der Waals surface area contributed by atoms with Crippen LogP contribution in [-0.4, -0.2) is 9.97 Å². The fourth-order valence-electron chi connectivity index (χ4n) is 2.67. The number of halogens is 2. The normalized spacial score (nSPS) is 10.9. The monoisotopic (exact) mass is 350 g/mol. The van der Waals surface area contributed by atoms with Gasteiger partial charge in [0.05, 0.1) is 5.69 Å². The summed E-state index contributed by atoms with van der Waals surface area (Å²) in [4.78, 5) is 9.05. The molecular formula is C20H12Cl2N2. The molecule has 1 heterocycles.